The summed E-state index contributed by atoms with van der Waals surface area (Å²) in [5.74, 6) is -1.53. The highest BCUT2D eigenvalue weighted by atomic mass is 19.1. The van der Waals surface area contributed by atoms with Gasteiger partial charge in [-0.2, -0.15) is 0 Å². The number of anilines is 1. The topological polar surface area (TPSA) is 105 Å². The largest absolute Gasteiger partial charge is 0.444 e. The fraction of sp³-hybridized carbons (Fsp3) is 0.238. The van der Waals surface area contributed by atoms with Crippen molar-refractivity contribution in [2.24, 2.45) is 0 Å². The molecule has 2 N–H and O–H groups in total. The Morgan fingerprint density at radius 3 is 2.67 bits per heavy atom. The SMILES string of the molecule is O=C1CCC(N2Cc3ccc(NC(=O)OCc4ccc(F)cc4)cc3C2=O)C(=O)N1. The average Bonchev–Trinajstić information content (AvgIpc) is 3.04. The van der Waals surface area contributed by atoms with Crippen LogP contribution in [0.1, 0.15) is 34.3 Å². The van der Waals surface area contributed by atoms with E-state index in [9.17, 15) is 23.6 Å². The summed E-state index contributed by atoms with van der Waals surface area (Å²) in [6, 6.07) is 9.75. The molecule has 1 unspecified atom stereocenters. The third kappa shape index (κ3) is 4.00. The number of carbonyl (C=O) groups is 4. The zero-order chi connectivity index (χ0) is 21.3. The predicted octanol–water partition coefficient (Wildman–Crippen LogP) is 2.34. The van der Waals surface area contributed by atoms with Crippen molar-refractivity contribution in [2.45, 2.75) is 32.0 Å². The lowest BCUT2D eigenvalue weighted by atomic mass is 10.0. The maximum Gasteiger partial charge on any atom is 0.411 e. The van der Waals surface area contributed by atoms with Crippen molar-refractivity contribution in [3.63, 3.8) is 0 Å². The first-order valence-electron chi connectivity index (χ1n) is 9.36. The summed E-state index contributed by atoms with van der Waals surface area (Å²) in [4.78, 5) is 49.7. The smallest absolute Gasteiger partial charge is 0.411 e. The second kappa shape index (κ2) is 7.94. The third-order valence-corrected chi connectivity index (χ3v) is 5.06. The van der Waals surface area contributed by atoms with E-state index in [0.717, 1.165) is 5.56 Å². The number of imide groups is 1. The van der Waals surface area contributed by atoms with Crippen molar-refractivity contribution in [1.82, 2.24) is 10.2 Å². The van der Waals surface area contributed by atoms with Crippen LogP contribution in [-0.4, -0.2) is 34.8 Å². The quantitative estimate of drug-likeness (QED) is 0.752. The van der Waals surface area contributed by atoms with E-state index in [4.69, 9.17) is 4.74 Å². The average molecular weight is 411 g/mol. The number of amides is 4. The molecule has 1 fully saturated rings. The molecule has 1 saturated heterocycles. The minimum Gasteiger partial charge on any atom is -0.444 e. The normalized spacial score (nSPS) is 18.1. The van der Waals surface area contributed by atoms with Crippen molar-refractivity contribution in [2.75, 3.05) is 5.32 Å². The molecule has 8 nitrogen and oxygen atoms in total. The molecule has 4 amide bonds. The van der Waals surface area contributed by atoms with Crippen LogP contribution in [0.5, 0.6) is 0 Å². The van der Waals surface area contributed by atoms with Gasteiger partial charge in [0.1, 0.15) is 18.5 Å². The molecular weight excluding hydrogens is 393 g/mol. The molecule has 0 bridgehead atoms. The molecule has 154 valence electrons. The number of nitrogens with one attached hydrogen (secondary N) is 2. The van der Waals surface area contributed by atoms with Gasteiger partial charge < -0.3 is 9.64 Å². The van der Waals surface area contributed by atoms with E-state index in [0.29, 0.717) is 16.8 Å². The zero-order valence-corrected chi connectivity index (χ0v) is 15.8. The molecule has 2 aliphatic heterocycles. The highest BCUT2D eigenvalue weighted by Gasteiger charge is 2.39. The maximum atomic E-state index is 12.9. The van der Waals surface area contributed by atoms with Gasteiger partial charge in [-0.25, -0.2) is 9.18 Å². The second-order valence-electron chi connectivity index (χ2n) is 7.10. The third-order valence-electron chi connectivity index (χ3n) is 5.06. The number of hydrogen-bond donors (Lipinski definition) is 2. The number of rotatable bonds is 4. The summed E-state index contributed by atoms with van der Waals surface area (Å²) in [6.07, 6.45) is -0.249. The summed E-state index contributed by atoms with van der Waals surface area (Å²) in [5, 5.41) is 4.81. The summed E-state index contributed by atoms with van der Waals surface area (Å²) in [7, 11) is 0. The molecule has 30 heavy (non-hydrogen) atoms. The summed E-state index contributed by atoms with van der Waals surface area (Å²) < 4.78 is 18.0. The molecule has 4 rings (SSSR count). The number of benzene rings is 2. The maximum absolute atomic E-state index is 12.9. The van der Waals surface area contributed by atoms with Crippen LogP contribution in [0.3, 0.4) is 0 Å². The van der Waals surface area contributed by atoms with E-state index < -0.39 is 18.0 Å². The summed E-state index contributed by atoms with van der Waals surface area (Å²) in [5.41, 5.74) is 2.12. The van der Waals surface area contributed by atoms with Crippen molar-refractivity contribution in [3.05, 3.63) is 65.0 Å². The van der Waals surface area contributed by atoms with Crippen LogP contribution in [0.15, 0.2) is 42.5 Å². The van der Waals surface area contributed by atoms with E-state index in [1.54, 1.807) is 12.1 Å². The van der Waals surface area contributed by atoms with Gasteiger partial charge in [-0.3, -0.25) is 25.0 Å². The number of ether oxygens (including phenoxy) is 1. The standard InChI is InChI=1S/C21H18FN3O5/c22-14-4-1-12(2-5-14)11-30-21(29)23-15-6-3-13-10-25(20(28)16(13)9-15)17-7-8-18(26)24-19(17)27/h1-6,9,17H,7-8,10-11H2,(H,23,29)(H,24,26,27). The molecule has 0 spiro atoms. The molecular formula is C21H18FN3O5. The van der Waals surface area contributed by atoms with Gasteiger partial charge in [0.25, 0.3) is 5.91 Å². The van der Waals surface area contributed by atoms with Crippen LogP contribution in [0, 0.1) is 5.82 Å². The zero-order valence-electron chi connectivity index (χ0n) is 15.8. The minimum atomic E-state index is -0.716. The number of halogens is 1. The van der Waals surface area contributed by atoms with Crippen LogP contribution in [0.2, 0.25) is 0 Å². The molecule has 9 heteroatoms. The van der Waals surface area contributed by atoms with Crippen LogP contribution in [0.25, 0.3) is 0 Å². The van der Waals surface area contributed by atoms with Crippen LogP contribution in [0.4, 0.5) is 14.9 Å². The fourth-order valence-corrected chi connectivity index (χ4v) is 3.52. The van der Waals surface area contributed by atoms with Crippen LogP contribution < -0.4 is 10.6 Å². The van der Waals surface area contributed by atoms with Gasteiger partial charge in [-0.05, 0) is 41.8 Å². The number of fused-ring (bicyclic) bond motifs is 1. The van der Waals surface area contributed by atoms with Crippen molar-refractivity contribution >= 4 is 29.5 Å². The van der Waals surface area contributed by atoms with Gasteiger partial charge in [0.2, 0.25) is 11.8 Å². The Kier molecular flexibility index (Phi) is 5.18. The first-order chi connectivity index (χ1) is 14.4. The van der Waals surface area contributed by atoms with Gasteiger partial charge >= 0.3 is 6.09 Å². The van der Waals surface area contributed by atoms with E-state index in [1.807, 2.05) is 0 Å². The first-order valence-corrected chi connectivity index (χ1v) is 9.36. The minimum absolute atomic E-state index is 0.0285. The molecule has 0 aromatic heterocycles. The van der Waals surface area contributed by atoms with Gasteiger partial charge in [-0.1, -0.05) is 18.2 Å². The Labute approximate surface area is 171 Å². The second-order valence-corrected chi connectivity index (χ2v) is 7.10. The van der Waals surface area contributed by atoms with Gasteiger partial charge in [0.15, 0.2) is 0 Å². The van der Waals surface area contributed by atoms with Gasteiger partial charge in [0.05, 0.1) is 0 Å². The lowest BCUT2D eigenvalue weighted by Crippen LogP contribution is -2.52. The van der Waals surface area contributed by atoms with Crippen molar-refractivity contribution in [3.8, 4) is 0 Å². The van der Waals surface area contributed by atoms with Crippen molar-refractivity contribution in [1.29, 1.82) is 0 Å². The Hall–Kier alpha value is -3.75. The molecule has 2 aliphatic rings. The van der Waals surface area contributed by atoms with Gasteiger partial charge in [-0.15, -0.1) is 0 Å². The van der Waals surface area contributed by atoms with Crippen LogP contribution >= 0.6 is 0 Å². The lowest BCUT2D eigenvalue weighted by molar-refractivity contribution is -0.136. The van der Waals surface area contributed by atoms with E-state index in [-0.39, 0.29) is 43.6 Å². The number of hydrogen-bond acceptors (Lipinski definition) is 5. The molecule has 0 aliphatic carbocycles. The summed E-state index contributed by atoms with van der Waals surface area (Å²) in [6.45, 7) is 0.231. The highest BCUT2D eigenvalue weighted by Crippen LogP contribution is 2.29. The van der Waals surface area contributed by atoms with E-state index >= 15 is 0 Å². The molecule has 2 aromatic rings. The first kappa shape index (κ1) is 19.6. The fourth-order valence-electron chi connectivity index (χ4n) is 3.52. The molecule has 1 atom stereocenters. The molecule has 2 heterocycles. The number of piperidine rings is 1. The van der Waals surface area contributed by atoms with E-state index in [2.05, 4.69) is 10.6 Å². The Morgan fingerprint density at radius 2 is 1.93 bits per heavy atom. The Bertz CT molecular complexity index is 1040. The Morgan fingerprint density at radius 1 is 1.17 bits per heavy atom. The predicted molar refractivity (Wildman–Crippen MR) is 103 cm³/mol. The van der Waals surface area contributed by atoms with Crippen molar-refractivity contribution < 1.29 is 28.3 Å². The molecule has 0 radical (unpaired) electrons. The molecule has 0 saturated carbocycles. The monoisotopic (exact) mass is 411 g/mol. The molecule has 2 aromatic carbocycles. The lowest BCUT2D eigenvalue weighted by Gasteiger charge is -2.29. The summed E-state index contributed by atoms with van der Waals surface area (Å²) >= 11 is 0. The number of carbonyl (C=O) groups excluding carboxylic acids is 4. The Balaban J connectivity index is 1.39. The van der Waals surface area contributed by atoms with Crippen LogP contribution in [-0.2, 0) is 27.5 Å². The van der Waals surface area contributed by atoms with Gasteiger partial charge in [0, 0.05) is 24.2 Å². The number of nitrogens with zero attached hydrogens (tertiary/aromatic N) is 1. The highest BCUT2D eigenvalue weighted by molar-refractivity contribution is 6.06. The van der Waals surface area contributed by atoms with E-state index in [1.165, 1.54) is 35.2 Å².